The van der Waals surface area contributed by atoms with E-state index in [1.807, 2.05) is 19.0 Å². The minimum atomic E-state index is 0.357. The molecule has 1 aliphatic rings. The zero-order chi connectivity index (χ0) is 15.7. The van der Waals surface area contributed by atoms with Crippen LogP contribution in [0.4, 0.5) is 11.8 Å². The van der Waals surface area contributed by atoms with Crippen molar-refractivity contribution in [3.63, 3.8) is 0 Å². The fourth-order valence-corrected chi connectivity index (χ4v) is 3.08. The number of hydrogen-bond donors (Lipinski definition) is 2. The topological polar surface area (TPSA) is 67.1 Å². The Kier molecular flexibility index (Phi) is 4.16. The molecule has 0 bridgehead atoms. The highest BCUT2D eigenvalue weighted by atomic mass is 15.2. The largest absolute Gasteiger partial charge is 0.362 e. The normalized spacial score (nSPS) is 21.8. The molecule has 5 nitrogen and oxygen atoms in total. The summed E-state index contributed by atoms with van der Waals surface area (Å²) in [5.41, 5.74) is 8.19. The van der Waals surface area contributed by atoms with Crippen molar-refractivity contribution in [1.82, 2.24) is 9.97 Å². The minimum Gasteiger partial charge on any atom is -0.362 e. The summed E-state index contributed by atoms with van der Waals surface area (Å²) < 4.78 is 0. The number of benzene rings is 1. The monoisotopic (exact) mass is 299 g/mol. The van der Waals surface area contributed by atoms with Crippen LogP contribution in [0.2, 0.25) is 0 Å². The van der Waals surface area contributed by atoms with Gasteiger partial charge in [-0.3, -0.25) is 0 Å². The van der Waals surface area contributed by atoms with Crippen LogP contribution in [-0.2, 0) is 0 Å². The van der Waals surface area contributed by atoms with Gasteiger partial charge in [-0.15, -0.1) is 0 Å². The molecule has 0 spiro atoms. The summed E-state index contributed by atoms with van der Waals surface area (Å²) >= 11 is 0. The number of nitrogens with two attached hydrogens (primary N) is 1. The zero-order valence-corrected chi connectivity index (χ0v) is 13.6. The Bertz CT molecular complexity index is 659. The summed E-state index contributed by atoms with van der Waals surface area (Å²) in [4.78, 5) is 11.5. The van der Waals surface area contributed by atoms with Crippen LogP contribution in [0.25, 0.3) is 10.9 Å². The lowest BCUT2D eigenvalue weighted by atomic mass is 9.92. The highest BCUT2D eigenvalue weighted by Gasteiger charge is 2.20. The van der Waals surface area contributed by atoms with Crippen LogP contribution in [0, 0.1) is 6.92 Å². The molecule has 0 atom stereocenters. The molecule has 0 saturated heterocycles. The summed E-state index contributed by atoms with van der Waals surface area (Å²) in [6, 6.07) is 7.10. The molecule has 0 aliphatic heterocycles. The third-order valence-electron chi connectivity index (χ3n) is 4.36. The molecule has 118 valence electrons. The van der Waals surface area contributed by atoms with E-state index in [-0.39, 0.29) is 0 Å². The first-order valence-electron chi connectivity index (χ1n) is 8.01. The summed E-state index contributed by atoms with van der Waals surface area (Å²) in [5, 5.41) is 4.60. The zero-order valence-electron chi connectivity index (χ0n) is 13.6. The van der Waals surface area contributed by atoms with Gasteiger partial charge in [0.05, 0.1) is 5.52 Å². The van der Waals surface area contributed by atoms with Crippen molar-refractivity contribution in [3.8, 4) is 0 Å². The lowest BCUT2D eigenvalue weighted by molar-refractivity contribution is 0.410. The fraction of sp³-hybridized carbons (Fsp3) is 0.529. The Morgan fingerprint density at radius 2 is 1.86 bits per heavy atom. The number of nitrogens with one attached hydrogen (secondary N) is 1. The second kappa shape index (κ2) is 6.08. The van der Waals surface area contributed by atoms with Gasteiger partial charge in [-0.25, -0.2) is 4.98 Å². The highest BCUT2D eigenvalue weighted by Crippen LogP contribution is 2.26. The molecule has 1 heterocycles. The second-order valence-corrected chi connectivity index (χ2v) is 6.54. The van der Waals surface area contributed by atoms with Crippen molar-refractivity contribution in [2.75, 3.05) is 24.3 Å². The molecular formula is C17H25N5. The van der Waals surface area contributed by atoms with Gasteiger partial charge in [0, 0.05) is 31.6 Å². The molecular weight excluding hydrogens is 274 g/mol. The molecule has 5 heteroatoms. The number of fused-ring (bicyclic) bond motifs is 1. The van der Waals surface area contributed by atoms with E-state index >= 15 is 0 Å². The average molecular weight is 299 g/mol. The van der Waals surface area contributed by atoms with Crippen molar-refractivity contribution < 1.29 is 0 Å². The van der Waals surface area contributed by atoms with Crippen LogP contribution < -0.4 is 16.0 Å². The quantitative estimate of drug-likeness (QED) is 0.912. The Morgan fingerprint density at radius 3 is 2.55 bits per heavy atom. The summed E-state index contributed by atoms with van der Waals surface area (Å²) in [6.45, 7) is 2.09. The predicted molar refractivity (Wildman–Crippen MR) is 92.5 cm³/mol. The maximum absolute atomic E-state index is 5.98. The smallest absolute Gasteiger partial charge is 0.225 e. The lowest BCUT2D eigenvalue weighted by Crippen LogP contribution is -2.33. The van der Waals surface area contributed by atoms with Crippen LogP contribution in [0.15, 0.2) is 18.2 Å². The average Bonchev–Trinajstić information content (AvgIpc) is 2.49. The molecule has 1 aliphatic carbocycles. The van der Waals surface area contributed by atoms with E-state index < -0.39 is 0 Å². The Morgan fingerprint density at radius 1 is 1.14 bits per heavy atom. The SMILES string of the molecule is Cc1ccc2nc(NC3CCC(N)CC3)nc(N(C)C)c2c1. The van der Waals surface area contributed by atoms with E-state index in [4.69, 9.17) is 15.7 Å². The van der Waals surface area contributed by atoms with E-state index in [1.54, 1.807) is 0 Å². The van der Waals surface area contributed by atoms with Gasteiger partial charge in [0.2, 0.25) is 5.95 Å². The molecule has 1 fully saturated rings. The molecule has 0 radical (unpaired) electrons. The number of aryl methyl sites for hydroxylation is 1. The van der Waals surface area contributed by atoms with Gasteiger partial charge in [-0.1, -0.05) is 11.6 Å². The van der Waals surface area contributed by atoms with E-state index in [9.17, 15) is 0 Å². The van der Waals surface area contributed by atoms with Crippen molar-refractivity contribution in [2.45, 2.75) is 44.7 Å². The Balaban J connectivity index is 1.91. The Labute approximate surface area is 131 Å². The van der Waals surface area contributed by atoms with Crippen molar-refractivity contribution >= 4 is 22.7 Å². The first-order valence-corrected chi connectivity index (χ1v) is 8.01. The van der Waals surface area contributed by atoms with Crippen LogP contribution >= 0.6 is 0 Å². The Hall–Kier alpha value is -1.88. The number of anilines is 2. The van der Waals surface area contributed by atoms with Gasteiger partial charge in [-0.05, 0) is 44.7 Å². The van der Waals surface area contributed by atoms with Gasteiger partial charge in [0.1, 0.15) is 5.82 Å². The fourth-order valence-electron chi connectivity index (χ4n) is 3.08. The number of aromatic nitrogens is 2. The van der Waals surface area contributed by atoms with Gasteiger partial charge in [0.15, 0.2) is 0 Å². The summed E-state index contributed by atoms with van der Waals surface area (Å²) in [5.74, 6) is 1.68. The number of nitrogens with zero attached hydrogens (tertiary/aromatic N) is 3. The predicted octanol–water partition coefficient (Wildman–Crippen LogP) is 2.69. The maximum atomic E-state index is 5.98. The first kappa shape index (κ1) is 15.0. The minimum absolute atomic E-state index is 0.357. The van der Waals surface area contributed by atoms with Crippen LogP contribution in [-0.4, -0.2) is 36.1 Å². The van der Waals surface area contributed by atoms with E-state index in [2.05, 4.69) is 30.4 Å². The maximum Gasteiger partial charge on any atom is 0.225 e. The van der Waals surface area contributed by atoms with Crippen LogP contribution in [0.5, 0.6) is 0 Å². The van der Waals surface area contributed by atoms with Crippen molar-refractivity contribution in [3.05, 3.63) is 23.8 Å². The second-order valence-electron chi connectivity index (χ2n) is 6.54. The van der Waals surface area contributed by atoms with E-state index in [1.165, 1.54) is 5.56 Å². The van der Waals surface area contributed by atoms with Gasteiger partial charge in [-0.2, -0.15) is 4.98 Å². The molecule has 22 heavy (non-hydrogen) atoms. The van der Waals surface area contributed by atoms with Gasteiger partial charge in [0.25, 0.3) is 0 Å². The molecule has 0 amide bonds. The standard InChI is InChI=1S/C17H25N5/c1-11-4-9-15-14(10-11)16(22(2)3)21-17(20-15)19-13-7-5-12(18)6-8-13/h4,9-10,12-13H,5-8,18H2,1-3H3,(H,19,20,21). The molecule has 1 saturated carbocycles. The first-order chi connectivity index (χ1) is 10.5. The molecule has 3 rings (SSSR count). The van der Waals surface area contributed by atoms with Crippen LogP contribution in [0.1, 0.15) is 31.2 Å². The number of rotatable bonds is 3. The van der Waals surface area contributed by atoms with E-state index in [0.717, 1.165) is 48.4 Å². The van der Waals surface area contributed by atoms with Gasteiger partial charge < -0.3 is 16.0 Å². The molecule has 1 aromatic carbocycles. The third-order valence-corrected chi connectivity index (χ3v) is 4.36. The third kappa shape index (κ3) is 3.14. The van der Waals surface area contributed by atoms with Gasteiger partial charge >= 0.3 is 0 Å². The van der Waals surface area contributed by atoms with Crippen molar-refractivity contribution in [1.29, 1.82) is 0 Å². The highest BCUT2D eigenvalue weighted by molar-refractivity contribution is 5.90. The van der Waals surface area contributed by atoms with E-state index in [0.29, 0.717) is 12.1 Å². The number of hydrogen-bond acceptors (Lipinski definition) is 5. The molecule has 3 N–H and O–H groups in total. The lowest BCUT2D eigenvalue weighted by Gasteiger charge is -2.27. The van der Waals surface area contributed by atoms with Crippen molar-refractivity contribution in [2.24, 2.45) is 5.73 Å². The molecule has 2 aromatic rings. The molecule has 0 unspecified atom stereocenters. The summed E-state index contributed by atoms with van der Waals surface area (Å²) in [7, 11) is 4.04. The summed E-state index contributed by atoms with van der Waals surface area (Å²) in [6.07, 6.45) is 4.33. The van der Waals surface area contributed by atoms with Crippen LogP contribution in [0.3, 0.4) is 0 Å². The molecule has 1 aromatic heterocycles.